The van der Waals surface area contributed by atoms with E-state index in [2.05, 4.69) is 9.88 Å². The van der Waals surface area contributed by atoms with Crippen LogP contribution in [0, 0.1) is 0 Å². The second-order valence-corrected chi connectivity index (χ2v) is 3.18. The van der Waals surface area contributed by atoms with Gasteiger partial charge in [-0.15, -0.1) is 0 Å². The first-order chi connectivity index (χ1) is 6.81. The number of pyridine rings is 1. The van der Waals surface area contributed by atoms with Gasteiger partial charge in [0.25, 0.3) is 0 Å². The van der Waals surface area contributed by atoms with E-state index in [1.807, 2.05) is 26.1 Å². The molecular formula is C10H14N2O2. The summed E-state index contributed by atoms with van der Waals surface area (Å²) in [5.74, 6) is 1.30. The highest BCUT2D eigenvalue weighted by atomic mass is 16.5. The van der Waals surface area contributed by atoms with Gasteiger partial charge in [-0.05, 0) is 13.0 Å². The first-order valence-corrected chi connectivity index (χ1v) is 4.79. The highest BCUT2D eigenvalue weighted by molar-refractivity contribution is 5.56. The van der Waals surface area contributed by atoms with Crippen molar-refractivity contribution in [2.75, 3.05) is 31.7 Å². The third-order valence-electron chi connectivity index (χ3n) is 2.18. The zero-order valence-electron chi connectivity index (χ0n) is 8.49. The number of hydrogen-bond acceptors (Lipinski definition) is 4. The van der Waals surface area contributed by atoms with E-state index >= 15 is 0 Å². The maximum atomic E-state index is 5.45. The lowest BCUT2D eigenvalue weighted by molar-refractivity contribution is 0.282. The van der Waals surface area contributed by atoms with E-state index in [0.717, 1.165) is 12.2 Å². The van der Waals surface area contributed by atoms with Crippen LogP contribution in [0.2, 0.25) is 0 Å². The van der Waals surface area contributed by atoms with Gasteiger partial charge < -0.3 is 14.4 Å². The number of nitrogens with zero attached hydrogens (tertiary/aromatic N) is 2. The predicted octanol–water partition coefficient (Wildman–Crippen LogP) is 1.31. The smallest absolute Gasteiger partial charge is 0.240 e. The van der Waals surface area contributed by atoms with E-state index in [9.17, 15) is 0 Å². The van der Waals surface area contributed by atoms with Crippen LogP contribution < -0.4 is 14.4 Å². The summed E-state index contributed by atoms with van der Waals surface area (Å²) in [5, 5.41) is 0. The molecule has 0 spiro atoms. The quantitative estimate of drug-likeness (QED) is 0.711. The van der Waals surface area contributed by atoms with Gasteiger partial charge in [-0.2, -0.15) is 4.98 Å². The Kier molecular flexibility index (Phi) is 2.43. The first kappa shape index (κ1) is 9.12. The molecule has 2 heterocycles. The molecule has 0 amide bonds. The summed E-state index contributed by atoms with van der Waals surface area (Å²) in [6.07, 6.45) is 0. The molecule has 2 rings (SSSR count). The Bertz CT molecular complexity index is 328. The van der Waals surface area contributed by atoms with E-state index in [-0.39, 0.29) is 0 Å². The van der Waals surface area contributed by atoms with E-state index < -0.39 is 0 Å². The van der Waals surface area contributed by atoms with Gasteiger partial charge >= 0.3 is 0 Å². The van der Waals surface area contributed by atoms with Crippen molar-refractivity contribution >= 4 is 5.69 Å². The molecule has 0 unspecified atom stereocenters. The van der Waals surface area contributed by atoms with Crippen LogP contribution in [0.1, 0.15) is 6.92 Å². The molecule has 0 N–H and O–H groups in total. The lowest BCUT2D eigenvalue weighted by Gasteiger charge is -2.26. The van der Waals surface area contributed by atoms with E-state index in [4.69, 9.17) is 9.47 Å². The van der Waals surface area contributed by atoms with Crippen molar-refractivity contribution in [3.8, 4) is 11.8 Å². The summed E-state index contributed by atoms with van der Waals surface area (Å²) in [5.41, 5.74) is 1.03. The molecule has 0 atom stereocenters. The molecular weight excluding hydrogens is 180 g/mol. The summed E-state index contributed by atoms with van der Waals surface area (Å²) in [4.78, 5) is 6.39. The molecule has 0 aromatic carbocycles. The van der Waals surface area contributed by atoms with Crippen LogP contribution >= 0.6 is 0 Å². The Morgan fingerprint density at radius 1 is 1.57 bits per heavy atom. The molecule has 1 aromatic rings. The minimum atomic E-state index is 0.626. The van der Waals surface area contributed by atoms with Gasteiger partial charge in [0.2, 0.25) is 11.8 Å². The number of anilines is 1. The number of hydrogen-bond donors (Lipinski definition) is 0. The number of ether oxygens (including phenoxy) is 2. The van der Waals surface area contributed by atoms with Gasteiger partial charge in [0.1, 0.15) is 6.61 Å². The van der Waals surface area contributed by atoms with Crippen molar-refractivity contribution in [2.45, 2.75) is 6.92 Å². The Morgan fingerprint density at radius 3 is 3.21 bits per heavy atom. The van der Waals surface area contributed by atoms with Crippen LogP contribution in [0.15, 0.2) is 12.1 Å². The Morgan fingerprint density at radius 2 is 2.43 bits per heavy atom. The van der Waals surface area contributed by atoms with Gasteiger partial charge in [-0.3, -0.25) is 0 Å². The topological polar surface area (TPSA) is 34.6 Å². The van der Waals surface area contributed by atoms with Crippen molar-refractivity contribution in [1.29, 1.82) is 0 Å². The minimum Gasteiger partial charge on any atom is -0.478 e. The second-order valence-electron chi connectivity index (χ2n) is 3.18. The van der Waals surface area contributed by atoms with Gasteiger partial charge in [0.15, 0.2) is 0 Å². The molecule has 76 valence electrons. The summed E-state index contributed by atoms with van der Waals surface area (Å²) in [6, 6.07) is 3.85. The maximum absolute atomic E-state index is 5.45. The Balaban J connectivity index is 2.29. The van der Waals surface area contributed by atoms with E-state index in [1.165, 1.54) is 0 Å². The molecule has 0 fully saturated rings. The van der Waals surface area contributed by atoms with Crippen molar-refractivity contribution < 1.29 is 9.47 Å². The zero-order chi connectivity index (χ0) is 9.97. The van der Waals surface area contributed by atoms with E-state index in [1.54, 1.807) is 0 Å². The fourth-order valence-electron chi connectivity index (χ4n) is 1.44. The Labute approximate surface area is 83.5 Å². The second kappa shape index (κ2) is 3.74. The van der Waals surface area contributed by atoms with Gasteiger partial charge in [0, 0.05) is 13.1 Å². The highest BCUT2D eigenvalue weighted by Gasteiger charge is 2.16. The van der Waals surface area contributed by atoms with Gasteiger partial charge in [-0.1, -0.05) is 0 Å². The van der Waals surface area contributed by atoms with Crippen LogP contribution in [0.25, 0.3) is 0 Å². The summed E-state index contributed by atoms with van der Waals surface area (Å²) in [6.45, 7) is 4.16. The number of likely N-dealkylation sites (N-methyl/N-ethyl adjacent to an activating group) is 1. The van der Waals surface area contributed by atoms with Gasteiger partial charge in [-0.25, -0.2) is 0 Å². The van der Waals surface area contributed by atoms with Crippen LogP contribution in [0.4, 0.5) is 5.69 Å². The van der Waals surface area contributed by atoms with Crippen molar-refractivity contribution in [2.24, 2.45) is 0 Å². The largest absolute Gasteiger partial charge is 0.478 e. The molecule has 0 radical (unpaired) electrons. The monoisotopic (exact) mass is 194 g/mol. The standard InChI is InChI=1S/C10H14N2O2/c1-3-13-9-5-4-8-10(11-9)14-7-6-12(8)2/h4-5H,3,6-7H2,1-2H3. The maximum Gasteiger partial charge on any atom is 0.240 e. The Hall–Kier alpha value is -1.45. The third kappa shape index (κ3) is 1.60. The average molecular weight is 194 g/mol. The lowest BCUT2D eigenvalue weighted by atomic mass is 10.3. The molecule has 1 aromatic heterocycles. The van der Waals surface area contributed by atoms with Crippen LogP contribution in [0.5, 0.6) is 11.8 Å². The average Bonchev–Trinajstić information content (AvgIpc) is 2.18. The third-order valence-corrected chi connectivity index (χ3v) is 2.18. The molecule has 4 nitrogen and oxygen atoms in total. The highest BCUT2D eigenvalue weighted by Crippen LogP contribution is 2.30. The predicted molar refractivity (Wildman–Crippen MR) is 54.2 cm³/mol. The normalized spacial score (nSPS) is 14.6. The van der Waals surface area contributed by atoms with Crippen molar-refractivity contribution in [3.05, 3.63) is 12.1 Å². The number of aromatic nitrogens is 1. The van der Waals surface area contributed by atoms with Crippen LogP contribution in [0.3, 0.4) is 0 Å². The summed E-state index contributed by atoms with van der Waals surface area (Å²) < 4.78 is 10.7. The molecule has 14 heavy (non-hydrogen) atoms. The molecule has 0 saturated carbocycles. The number of fused-ring (bicyclic) bond motifs is 1. The van der Waals surface area contributed by atoms with E-state index in [0.29, 0.717) is 25.0 Å². The molecule has 1 aliphatic heterocycles. The molecule has 4 heteroatoms. The fraction of sp³-hybridized carbons (Fsp3) is 0.500. The summed E-state index contributed by atoms with van der Waals surface area (Å²) >= 11 is 0. The summed E-state index contributed by atoms with van der Waals surface area (Å²) in [7, 11) is 2.03. The molecule has 0 bridgehead atoms. The minimum absolute atomic E-state index is 0.626. The van der Waals surface area contributed by atoms with Crippen LogP contribution in [-0.2, 0) is 0 Å². The lowest BCUT2D eigenvalue weighted by Crippen LogP contribution is -2.29. The molecule has 0 aliphatic carbocycles. The SMILES string of the molecule is CCOc1ccc2c(n1)OCCN2C. The molecule has 0 saturated heterocycles. The van der Waals surface area contributed by atoms with Crippen LogP contribution in [-0.4, -0.2) is 31.8 Å². The first-order valence-electron chi connectivity index (χ1n) is 4.79. The fourth-order valence-corrected chi connectivity index (χ4v) is 1.44. The molecule has 1 aliphatic rings. The number of rotatable bonds is 2. The van der Waals surface area contributed by atoms with Crippen molar-refractivity contribution in [1.82, 2.24) is 4.98 Å². The van der Waals surface area contributed by atoms with Gasteiger partial charge in [0.05, 0.1) is 18.8 Å². The zero-order valence-corrected chi connectivity index (χ0v) is 8.49. The van der Waals surface area contributed by atoms with Crippen molar-refractivity contribution in [3.63, 3.8) is 0 Å².